The lowest BCUT2D eigenvalue weighted by Crippen LogP contribution is -2.39. The van der Waals surface area contributed by atoms with E-state index < -0.39 is 12.1 Å². The fourth-order valence-electron chi connectivity index (χ4n) is 2.14. The van der Waals surface area contributed by atoms with Gasteiger partial charge >= 0.3 is 5.97 Å². The van der Waals surface area contributed by atoms with E-state index in [4.69, 9.17) is 18.9 Å². The summed E-state index contributed by atoms with van der Waals surface area (Å²) in [5, 5.41) is 0. The van der Waals surface area contributed by atoms with Crippen LogP contribution in [0.4, 0.5) is 0 Å². The molecule has 0 aromatic heterocycles. The van der Waals surface area contributed by atoms with Crippen molar-refractivity contribution in [1.82, 2.24) is 0 Å². The van der Waals surface area contributed by atoms with Crippen molar-refractivity contribution >= 4 is 5.97 Å². The Morgan fingerprint density at radius 2 is 2.07 bits per heavy atom. The van der Waals surface area contributed by atoms with Gasteiger partial charge in [0.1, 0.15) is 6.10 Å². The van der Waals surface area contributed by atoms with Gasteiger partial charge in [-0.1, -0.05) is 0 Å². The van der Waals surface area contributed by atoms with Crippen LogP contribution in [0.15, 0.2) is 12.2 Å². The molecule has 0 N–H and O–H groups in total. The van der Waals surface area contributed by atoms with Gasteiger partial charge in [0.2, 0.25) is 0 Å². The first-order valence-electron chi connectivity index (χ1n) is 4.95. The van der Waals surface area contributed by atoms with E-state index >= 15 is 0 Å². The van der Waals surface area contributed by atoms with Gasteiger partial charge in [0.25, 0.3) is 0 Å². The molecular formula is C10H12O5. The van der Waals surface area contributed by atoms with Crippen molar-refractivity contribution in [2.24, 2.45) is 0 Å². The van der Waals surface area contributed by atoms with Gasteiger partial charge in [-0.25, -0.2) is 4.79 Å². The molecule has 0 unspecified atom stereocenters. The van der Waals surface area contributed by atoms with Crippen molar-refractivity contribution in [2.45, 2.75) is 44.2 Å². The predicted octanol–water partition coefficient (Wildman–Crippen LogP) is 0.344. The van der Waals surface area contributed by atoms with Crippen molar-refractivity contribution < 1.29 is 23.7 Å². The number of esters is 1. The molecule has 82 valence electrons. The van der Waals surface area contributed by atoms with Gasteiger partial charge in [-0.15, -0.1) is 0 Å². The lowest BCUT2D eigenvalue weighted by Gasteiger charge is -2.25. The van der Waals surface area contributed by atoms with Crippen molar-refractivity contribution in [3.8, 4) is 0 Å². The minimum absolute atomic E-state index is 0.242. The summed E-state index contributed by atoms with van der Waals surface area (Å²) < 4.78 is 21.9. The minimum atomic E-state index is -0.673. The van der Waals surface area contributed by atoms with Gasteiger partial charge < -0.3 is 18.9 Å². The average Bonchev–Trinajstić information content (AvgIpc) is 2.58. The Morgan fingerprint density at radius 3 is 2.87 bits per heavy atom. The minimum Gasteiger partial charge on any atom is -0.453 e. The van der Waals surface area contributed by atoms with E-state index in [1.807, 2.05) is 13.8 Å². The lowest BCUT2D eigenvalue weighted by atomic mass is 10.1. The number of fused-ring (bicyclic) bond motifs is 3. The Hall–Kier alpha value is -0.910. The van der Waals surface area contributed by atoms with Gasteiger partial charge in [0.05, 0.1) is 0 Å². The molecule has 3 aliphatic rings. The molecule has 2 fully saturated rings. The number of ether oxygens (including phenoxy) is 4. The lowest BCUT2D eigenvalue weighted by molar-refractivity contribution is -0.213. The third-order valence-corrected chi connectivity index (χ3v) is 2.70. The molecule has 0 saturated carbocycles. The van der Waals surface area contributed by atoms with Crippen LogP contribution in [0, 0.1) is 0 Å². The van der Waals surface area contributed by atoms with E-state index in [2.05, 4.69) is 0 Å². The van der Waals surface area contributed by atoms with E-state index in [0.29, 0.717) is 0 Å². The van der Waals surface area contributed by atoms with Crippen molar-refractivity contribution in [3.63, 3.8) is 0 Å². The second-order valence-corrected chi connectivity index (χ2v) is 4.33. The smallest absolute Gasteiger partial charge is 0.330 e. The maximum Gasteiger partial charge on any atom is 0.330 e. The Morgan fingerprint density at radius 1 is 1.27 bits per heavy atom. The van der Waals surface area contributed by atoms with Crippen LogP contribution < -0.4 is 0 Å². The number of carbonyl (C=O) groups is 1. The molecule has 5 nitrogen and oxygen atoms in total. The highest BCUT2D eigenvalue weighted by Gasteiger charge is 2.56. The Balaban J connectivity index is 1.84. The van der Waals surface area contributed by atoms with E-state index in [-0.39, 0.29) is 24.3 Å². The molecule has 0 bridgehead atoms. The second-order valence-electron chi connectivity index (χ2n) is 4.33. The average molecular weight is 212 g/mol. The van der Waals surface area contributed by atoms with Crippen LogP contribution in [-0.2, 0) is 23.7 Å². The molecule has 0 radical (unpaired) electrons. The molecular weight excluding hydrogens is 200 g/mol. The molecule has 0 amide bonds. The molecule has 5 heteroatoms. The summed E-state index contributed by atoms with van der Waals surface area (Å²) in [6.45, 7) is 3.62. The van der Waals surface area contributed by atoms with E-state index in [1.54, 1.807) is 6.08 Å². The predicted molar refractivity (Wildman–Crippen MR) is 47.7 cm³/mol. The highest BCUT2D eigenvalue weighted by atomic mass is 16.8. The van der Waals surface area contributed by atoms with E-state index in [9.17, 15) is 4.79 Å². The van der Waals surface area contributed by atoms with Crippen LogP contribution in [-0.4, -0.2) is 36.4 Å². The summed E-state index contributed by atoms with van der Waals surface area (Å²) in [5.41, 5.74) is 0. The van der Waals surface area contributed by atoms with E-state index in [0.717, 1.165) is 0 Å². The monoisotopic (exact) mass is 212 g/mol. The first-order valence-corrected chi connectivity index (χ1v) is 4.95. The van der Waals surface area contributed by atoms with Crippen LogP contribution in [0.5, 0.6) is 0 Å². The summed E-state index contributed by atoms with van der Waals surface area (Å²) in [6, 6.07) is 0. The highest BCUT2D eigenvalue weighted by molar-refractivity contribution is 5.83. The molecule has 0 aromatic carbocycles. The summed E-state index contributed by atoms with van der Waals surface area (Å²) >= 11 is 0. The normalized spacial score (nSPS) is 46.1. The molecule has 4 atom stereocenters. The van der Waals surface area contributed by atoms with Crippen molar-refractivity contribution in [2.75, 3.05) is 0 Å². The Labute approximate surface area is 86.9 Å². The summed E-state index contributed by atoms with van der Waals surface area (Å²) in [7, 11) is 0. The van der Waals surface area contributed by atoms with Gasteiger partial charge in [-0.05, 0) is 19.9 Å². The Kier molecular flexibility index (Phi) is 1.75. The Bertz CT molecular complexity index is 335. The maximum atomic E-state index is 11.1. The van der Waals surface area contributed by atoms with E-state index in [1.165, 1.54) is 6.08 Å². The number of rotatable bonds is 0. The first kappa shape index (κ1) is 9.33. The van der Waals surface area contributed by atoms with Gasteiger partial charge in [0.15, 0.2) is 24.3 Å². The SMILES string of the molecule is CC1(C)O[C@@H]2O[C@H]3C=CC(=O)O[C@H]3[C@@H]2O1. The number of carbonyl (C=O) groups excluding carboxylic acids is 1. The largest absolute Gasteiger partial charge is 0.453 e. The molecule has 0 spiro atoms. The first-order chi connectivity index (χ1) is 7.05. The molecule has 0 aliphatic carbocycles. The van der Waals surface area contributed by atoms with Crippen LogP contribution >= 0.6 is 0 Å². The highest BCUT2D eigenvalue weighted by Crippen LogP contribution is 2.39. The molecule has 3 aliphatic heterocycles. The van der Waals surface area contributed by atoms with Gasteiger partial charge in [-0.3, -0.25) is 0 Å². The maximum absolute atomic E-state index is 11.1. The molecule has 3 heterocycles. The molecule has 0 aromatic rings. The summed E-state index contributed by atoms with van der Waals surface area (Å²) in [4.78, 5) is 11.1. The molecule has 15 heavy (non-hydrogen) atoms. The fraction of sp³-hybridized carbons (Fsp3) is 0.700. The van der Waals surface area contributed by atoms with Crippen LogP contribution in [0.1, 0.15) is 13.8 Å². The fourth-order valence-corrected chi connectivity index (χ4v) is 2.14. The van der Waals surface area contributed by atoms with Crippen LogP contribution in [0.3, 0.4) is 0 Å². The molecule has 3 rings (SSSR count). The molecule has 2 saturated heterocycles. The number of hydrogen-bond acceptors (Lipinski definition) is 5. The zero-order valence-electron chi connectivity index (χ0n) is 8.51. The summed E-state index contributed by atoms with van der Waals surface area (Å²) in [5.74, 6) is -1.03. The van der Waals surface area contributed by atoms with Crippen molar-refractivity contribution in [3.05, 3.63) is 12.2 Å². The van der Waals surface area contributed by atoms with Gasteiger partial charge in [0, 0.05) is 6.08 Å². The summed E-state index contributed by atoms with van der Waals surface area (Å²) in [6.07, 6.45) is 1.68. The standard InChI is InChI=1S/C10H12O5/c1-10(2)14-8-7-5(12-9(8)15-10)3-4-6(11)13-7/h3-5,7-9H,1-2H3/t5-,7+,8-,9-/m0/s1. The van der Waals surface area contributed by atoms with Crippen LogP contribution in [0.25, 0.3) is 0 Å². The second kappa shape index (κ2) is 2.81. The zero-order chi connectivity index (χ0) is 10.6. The zero-order valence-corrected chi connectivity index (χ0v) is 8.51. The quantitative estimate of drug-likeness (QED) is 0.542. The number of hydrogen-bond donors (Lipinski definition) is 0. The third kappa shape index (κ3) is 1.39. The van der Waals surface area contributed by atoms with Gasteiger partial charge in [-0.2, -0.15) is 0 Å². The van der Waals surface area contributed by atoms with Crippen LogP contribution in [0.2, 0.25) is 0 Å². The van der Waals surface area contributed by atoms with Crippen molar-refractivity contribution in [1.29, 1.82) is 0 Å². The topological polar surface area (TPSA) is 54.0 Å². The third-order valence-electron chi connectivity index (χ3n) is 2.70.